The van der Waals surface area contributed by atoms with Crippen LogP contribution in [0.4, 0.5) is 0 Å². The number of aliphatic hydroxyl groups is 1. The van der Waals surface area contributed by atoms with E-state index in [0.29, 0.717) is 31.4 Å². The van der Waals surface area contributed by atoms with Gasteiger partial charge in [0.05, 0.1) is 18.8 Å². The monoisotopic (exact) mass is 1400 g/mol. The predicted molar refractivity (Wildman–Crippen MR) is 386 cm³/mol. The highest BCUT2D eigenvalue weighted by Gasteiger charge is 2.47. The Balaban J connectivity index is 3.14. The largest absolute Gasteiger partial charge is 0.390 e. The molecule has 2 aliphatic heterocycles. The van der Waals surface area contributed by atoms with E-state index < -0.39 is 155 Å². The van der Waals surface area contributed by atoms with Crippen molar-refractivity contribution in [2.24, 2.45) is 35.5 Å². The normalized spacial score (nSPS) is 26.8. The zero-order chi connectivity index (χ0) is 74.9. The van der Waals surface area contributed by atoms with Crippen LogP contribution in [0, 0.1) is 35.5 Å². The van der Waals surface area contributed by atoms with Gasteiger partial charge >= 0.3 is 0 Å². The first-order valence-corrected chi connectivity index (χ1v) is 37.2. The zero-order valence-electron chi connectivity index (χ0n) is 64.3. The van der Waals surface area contributed by atoms with Crippen LogP contribution in [0.2, 0.25) is 0 Å². The van der Waals surface area contributed by atoms with Crippen LogP contribution in [0.1, 0.15) is 188 Å². The van der Waals surface area contributed by atoms with Crippen LogP contribution >= 0.6 is 11.8 Å². The summed E-state index contributed by atoms with van der Waals surface area (Å²) in [5.41, 5.74) is 0. The highest BCUT2D eigenvalue weighted by molar-refractivity contribution is 8.00. The Bertz CT molecular complexity index is 2640. The van der Waals surface area contributed by atoms with Gasteiger partial charge in [0.15, 0.2) is 5.37 Å². The van der Waals surface area contributed by atoms with Gasteiger partial charge in [0.2, 0.25) is 59.1 Å². The van der Waals surface area contributed by atoms with Crippen LogP contribution in [-0.4, -0.2) is 269 Å². The van der Waals surface area contributed by atoms with Crippen molar-refractivity contribution >= 4 is 76.7 Å². The summed E-state index contributed by atoms with van der Waals surface area (Å²) in [6.45, 7) is 32.5. The van der Waals surface area contributed by atoms with Crippen molar-refractivity contribution in [2.75, 3.05) is 81.3 Å². The molecule has 0 radical (unpaired) electrons. The van der Waals surface area contributed by atoms with Crippen molar-refractivity contribution in [1.29, 1.82) is 0 Å². The average molecular weight is 1400 g/mol. The zero-order valence-corrected chi connectivity index (χ0v) is 65.1. The van der Waals surface area contributed by atoms with Crippen LogP contribution < -0.4 is 21.3 Å². The summed E-state index contributed by atoms with van der Waals surface area (Å²) >= 11 is 1.20. The summed E-state index contributed by atoms with van der Waals surface area (Å²) in [6, 6.07) is -12.9. The molecule has 0 bridgehead atoms. The standard InChI is InChI=1S/C72H130N12O13S/c1-25-29-34-48(15)60(85)59-64(89)75-52(28-4)66(91)83(24)72(98-38-33-37-84-35-31-30-32-36-84)71(96)80(21)56(42-97-51(26-2)27-3)63(88)76-57(46(11)12)69(94)77(18)53(39-43(5)6)62(87)73-49(16)61(86)74-50(17)65(90)78(19)54(40-44(7)8)67(92)79(20)55(41-45(9)10)68(93)81(22)58(47(13)14)70(95)82(59)23/h25,29,43-60,72,85H,26-28,30-42H2,1-24H3,(H,73,87)(H,74,86)(H,75,89)(H,76,88)/b29-25+/t48-,49+,50-,52+,53+,54+,55+,56+,57+,58+,59+,60-,72-/m1/s1. The molecule has 2 saturated heterocycles. The molecular weight excluding hydrogens is 1270 g/mol. The number of aliphatic hydroxyl groups excluding tert-OH is 1. The molecular formula is C72H130N12O13S. The molecule has 11 amide bonds. The molecule has 98 heavy (non-hydrogen) atoms. The second-order valence-corrected chi connectivity index (χ2v) is 30.6. The molecule has 0 spiro atoms. The third-order valence-electron chi connectivity index (χ3n) is 19.2. The van der Waals surface area contributed by atoms with Gasteiger partial charge in [-0.1, -0.05) is 116 Å². The first-order chi connectivity index (χ1) is 45.8. The quantitative estimate of drug-likeness (QED) is 0.0636. The molecule has 0 aromatic heterocycles. The number of amides is 11. The molecule has 0 aromatic rings. The number of rotatable bonds is 23. The third kappa shape index (κ3) is 25.3. The Labute approximate surface area is 592 Å². The van der Waals surface area contributed by atoms with Crippen molar-refractivity contribution in [2.45, 2.75) is 266 Å². The lowest BCUT2D eigenvalue weighted by Gasteiger charge is -2.41. The minimum Gasteiger partial charge on any atom is -0.390 e. The Kier molecular flexibility index (Phi) is 38.2. The molecule has 2 heterocycles. The number of thioether (sulfide) groups is 1. The van der Waals surface area contributed by atoms with E-state index in [0.717, 1.165) is 43.8 Å². The summed E-state index contributed by atoms with van der Waals surface area (Å²) in [5, 5.41) is 22.3. The van der Waals surface area contributed by atoms with Crippen molar-refractivity contribution in [3.63, 3.8) is 0 Å². The lowest BCUT2D eigenvalue weighted by Crippen LogP contribution is -2.64. The maximum Gasteiger partial charge on any atom is 0.256 e. The van der Waals surface area contributed by atoms with Gasteiger partial charge in [-0.2, -0.15) is 0 Å². The van der Waals surface area contributed by atoms with Crippen molar-refractivity contribution in [3.8, 4) is 0 Å². The Morgan fingerprint density at radius 1 is 0.510 bits per heavy atom. The Morgan fingerprint density at radius 3 is 1.49 bits per heavy atom. The molecule has 26 heteroatoms. The summed E-state index contributed by atoms with van der Waals surface area (Å²) in [6.07, 6.45) is 7.59. The van der Waals surface area contributed by atoms with Crippen molar-refractivity contribution in [3.05, 3.63) is 12.2 Å². The van der Waals surface area contributed by atoms with Gasteiger partial charge in [-0.3, -0.25) is 52.7 Å². The number of hydrogen-bond acceptors (Lipinski definition) is 15. The lowest BCUT2D eigenvalue weighted by atomic mass is 9.91. The van der Waals surface area contributed by atoms with Crippen LogP contribution in [0.5, 0.6) is 0 Å². The number of allylic oxidation sites excluding steroid dienone is 2. The Morgan fingerprint density at radius 2 is 0.990 bits per heavy atom. The number of carbonyl (C=O) groups is 11. The van der Waals surface area contributed by atoms with E-state index in [2.05, 4.69) is 26.2 Å². The van der Waals surface area contributed by atoms with Gasteiger partial charge in [-0.15, -0.1) is 11.8 Å². The smallest absolute Gasteiger partial charge is 0.256 e. The van der Waals surface area contributed by atoms with Gasteiger partial charge in [0.1, 0.15) is 60.4 Å². The number of nitrogens with one attached hydrogen (secondary N) is 4. The summed E-state index contributed by atoms with van der Waals surface area (Å²) < 4.78 is 6.36. The molecule has 0 saturated carbocycles. The van der Waals surface area contributed by atoms with E-state index in [-0.39, 0.29) is 56.1 Å². The molecule has 2 fully saturated rings. The molecule has 5 N–H and O–H groups in total. The molecule has 2 aliphatic rings. The predicted octanol–water partition coefficient (Wildman–Crippen LogP) is 5.36. The number of nitrogens with zero attached hydrogens (tertiary/aromatic N) is 8. The summed E-state index contributed by atoms with van der Waals surface area (Å²) in [7, 11) is 10.1. The topological polar surface area (TPSA) is 291 Å². The molecule has 2 rings (SSSR count). The first kappa shape index (κ1) is 88.2. The second-order valence-electron chi connectivity index (χ2n) is 29.4. The number of likely N-dealkylation sites (tertiary alicyclic amines) is 1. The van der Waals surface area contributed by atoms with Crippen LogP contribution in [0.3, 0.4) is 0 Å². The second kappa shape index (κ2) is 42.4. The van der Waals surface area contributed by atoms with Crippen LogP contribution in [-0.2, 0) is 57.5 Å². The average Bonchev–Trinajstić information content (AvgIpc) is 0.804. The first-order valence-electron chi connectivity index (χ1n) is 36.1. The van der Waals surface area contributed by atoms with E-state index in [1.807, 2.05) is 68.4 Å². The fourth-order valence-electron chi connectivity index (χ4n) is 12.8. The maximum atomic E-state index is 15.6. The minimum atomic E-state index is -1.64. The molecule has 562 valence electrons. The highest BCUT2D eigenvalue weighted by atomic mass is 32.2. The number of piperidine rings is 1. The van der Waals surface area contributed by atoms with Gasteiger partial charge in [-0.05, 0) is 146 Å². The van der Waals surface area contributed by atoms with E-state index in [4.69, 9.17) is 4.74 Å². The van der Waals surface area contributed by atoms with E-state index >= 15 is 33.6 Å². The SMILES string of the molecule is C/C=C/C[C@@H](C)[C@@H](O)[C@H]1C(=O)N[C@@H](CC)C(=O)N(C)[C@H](SCCCN2CCCCC2)C(=O)N(C)[C@@H](COC(CC)CC)C(=O)N[C@@H](C(C)C)C(=O)N(C)[C@@H](CC(C)C)C(=O)N[C@@H](C)C(=O)N[C@H](C)C(=O)N(C)[C@@H](CC(C)C)C(=O)N(C)[C@@H](CC(C)C)C(=O)N(C)[C@@H](C(C)C)C(=O)N1C. The van der Waals surface area contributed by atoms with Gasteiger partial charge in [0.25, 0.3) is 5.91 Å². The fourth-order valence-corrected chi connectivity index (χ4v) is 13.9. The van der Waals surface area contributed by atoms with Crippen LogP contribution in [0.15, 0.2) is 12.2 Å². The molecule has 0 unspecified atom stereocenters. The fraction of sp³-hybridized carbons (Fsp3) is 0.819. The maximum absolute atomic E-state index is 15.6. The van der Waals surface area contributed by atoms with Gasteiger partial charge in [0, 0.05) is 49.3 Å². The van der Waals surface area contributed by atoms with E-state index in [1.54, 1.807) is 47.6 Å². The summed E-state index contributed by atoms with van der Waals surface area (Å²) in [4.78, 5) is 176. The Hall–Kier alpha value is -5.86. The number of likely N-dealkylation sites (N-methyl/N-ethyl adjacent to an activating group) is 7. The molecule has 13 atom stereocenters. The van der Waals surface area contributed by atoms with Gasteiger partial charge < -0.3 is 70.3 Å². The number of carbonyl (C=O) groups excluding carboxylic acids is 11. The van der Waals surface area contributed by atoms with Crippen molar-refractivity contribution < 1.29 is 62.6 Å². The highest BCUT2D eigenvalue weighted by Crippen LogP contribution is 2.27. The lowest BCUT2D eigenvalue weighted by molar-refractivity contribution is -0.157. The third-order valence-corrected chi connectivity index (χ3v) is 20.6. The number of hydrogen-bond donors (Lipinski definition) is 5. The summed E-state index contributed by atoms with van der Waals surface area (Å²) in [5.74, 6) is -9.46. The van der Waals surface area contributed by atoms with Crippen LogP contribution in [0.25, 0.3) is 0 Å². The number of ether oxygens (including phenoxy) is 1. The van der Waals surface area contributed by atoms with Gasteiger partial charge in [-0.25, -0.2) is 0 Å². The minimum absolute atomic E-state index is 0.00266. The molecule has 0 aliphatic carbocycles. The van der Waals surface area contributed by atoms with E-state index in [9.17, 15) is 24.3 Å². The van der Waals surface area contributed by atoms with Crippen molar-refractivity contribution in [1.82, 2.24) is 60.5 Å². The molecule has 0 aromatic carbocycles. The van der Waals surface area contributed by atoms with E-state index in [1.165, 1.54) is 104 Å². The molecule has 25 nitrogen and oxygen atoms in total.